The Morgan fingerprint density at radius 1 is 1.00 bits per heavy atom. The molecule has 0 saturated heterocycles. The van der Waals surface area contributed by atoms with Crippen molar-refractivity contribution in [1.82, 2.24) is 0 Å². The van der Waals surface area contributed by atoms with Crippen LogP contribution < -0.4 is 0 Å². The van der Waals surface area contributed by atoms with Gasteiger partial charge in [-0.2, -0.15) is 8.42 Å². The maximum absolute atomic E-state index is 11.9. The van der Waals surface area contributed by atoms with Gasteiger partial charge in [0.15, 0.2) is 0 Å². The molecule has 2 aromatic carbocycles. The van der Waals surface area contributed by atoms with E-state index in [1.807, 2.05) is 43.3 Å². The third kappa shape index (κ3) is 4.05. The molecular formula is C16H16O3S. The molecule has 0 N–H and O–H groups in total. The summed E-state index contributed by atoms with van der Waals surface area (Å²) in [7, 11) is -3.68. The molecule has 3 nitrogen and oxygen atoms in total. The molecule has 0 spiro atoms. The second-order valence-corrected chi connectivity index (χ2v) is 5.98. The predicted octanol–water partition coefficient (Wildman–Crippen LogP) is 3.41. The summed E-state index contributed by atoms with van der Waals surface area (Å²) in [6.07, 6.45) is 3.51. The Morgan fingerprint density at radius 2 is 1.65 bits per heavy atom. The van der Waals surface area contributed by atoms with Gasteiger partial charge < -0.3 is 0 Å². The average Bonchev–Trinajstić information content (AvgIpc) is 2.45. The van der Waals surface area contributed by atoms with E-state index in [0.717, 1.165) is 11.1 Å². The highest BCUT2D eigenvalue weighted by Crippen LogP contribution is 2.13. The van der Waals surface area contributed by atoms with Crippen LogP contribution in [0.3, 0.4) is 0 Å². The summed E-state index contributed by atoms with van der Waals surface area (Å²) in [5, 5.41) is 0. The molecule has 4 heteroatoms. The standard InChI is InChI=1S/C16H16O3S/c1-14-9-11-16(12-10-14)20(17,18)19-13-5-8-15-6-3-2-4-7-15/h2-12H,13H2,1H3/b8-5+. The van der Waals surface area contributed by atoms with Crippen LogP contribution in [0, 0.1) is 6.92 Å². The SMILES string of the molecule is Cc1ccc(S(=O)(=O)OC/C=C/c2ccccc2)cc1. The van der Waals surface area contributed by atoms with Crippen LogP contribution in [0.1, 0.15) is 11.1 Å². The van der Waals surface area contributed by atoms with E-state index in [2.05, 4.69) is 0 Å². The van der Waals surface area contributed by atoms with Gasteiger partial charge in [0.25, 0.3) is 10.1 Å². The summed E-state index contributed by atoms with van der Waals surface area (Å²) in [5.41, 5.74) is 2.01. The molecule has 0 atom stereocenters. The minimum absolute atomic E-state index is 0.0190. The molecule has 0 aromatic heterocycles. The molecule has 0 saturated carbocycles. The fourth-order valence-electron chi connectivity index (χ4n) is 1.65. The van der Waals surface area contributed by atoms with E-state index in [0.29, 0.717) is 0 Å². The lowest BCUT2D eigenvalue weighted by Gasteiger charge is -2.03. The van der Waals surface area contributed by atoms with Crippen molar-refractivity contribution in [3.63, 3.8) is 0 Å². The summed E-state index contributed by atoms with van der Waals surface area (Å²) in [4.78, 5) is 0.177. The van der Waals surface area contributed by atoms with Gasteiger partial charge in [0, 0.05) is 0 Å². The average molecular weight is 288 g/mol. The maximum Gasteiger partial charge on any atom is 0.297 e. The minimum atomic E-state index is -3.68. The largest absolute Gasteiger partial charge is 0.297 e. The lowest BCUT2D eigenvalue weighted by molar-refractivity contribution is 0.357. The van der Waals surface area contributed by atoms with Crippen molar-refractivity contribution in [3.05, 3.63) is 71.8 Å². The Morgan fingerprint density at radius 3 is 2.30 bits per heavy atom. The minimum Gasteiger partial charge on any atom is -0.262 e. The van der Waals surface area contributed by atoms with E-state index in [4.69, 9.17) is 4.18 Å². The topological polar surface area (TPSA) is 43.4 Å². The molecule has 0 amide bonds. The summed E-state index contributed by atoms with van der Waals surface area (Å²) in [6.45, 7) is 1.92. The molecule has 0 fully saturated rings. The van der Waals surface area contributed by atoms with Gasteiger partial charge >= 0.3 is 0 Å². The van der Waals surface area contributed by atoms with Gasteiger partial charge in [-0.05, 0) is 24.6 Å². The van der Waals surface area contributed by atoms with E-state index >= 15 is 0 Å². The summed E-state index contributed by atoms with van der Waals surface area (Å²) < 4.78 is 28.8. The van der Waals surface area contributed by atoms with Gasteiger partial charge in [0.1, 0.15) is 0 Å². The highest BCUT2D eigenvalue weighted by atomic mass is 32.2. The fourth-order valence-corrected chi connectivity index (χ4v) is 2.51. The first-order valence-corrected chi connectivity index (χ1v) is 7.66. The smallest absolute Gasteiger partial charge is 0.262 e. The van der Waals surface area contributed by atoms with Gasteiger partial charge in [0.2, 0.25) is 0 Å². The highest BCUT2D eigenvalue weighted by molar-refractivity contribution is 7.86. The molecule has 0 bridgehead atoms. The summed E-state index contributed by atoms with van der Waals surface area (Å²) in [6, 6.07) is 16.2. The molecule has 20 heavy (non-hydrogen) atoms. The van der Waals surface area contributed by atoms with Crippen molar-refractivity contribution >= 4 is 16.2 Å². The predicted molar refractivity (Wildman–Crippen MR) is 79.8 cm³/mol. The molecule has 0 radical (unpaired) electrons. The quantitative estimate of drug-likeness (QED) is 0.792. The van der Waals surface area contributed by atoms with Gasteiger partial charge in [-0.25, -0.2) is 0 Å². The Balaban J connectivity index is 1.96. The number of rotatable bonds is 5. The van der Waals surface area contributed by atoms with Crippen molar-refractivity contribution in [3.8, 4) is 0 Å². The summed E-state index contributed by atoms with van der Waals surface area (Å²) in [5.74, 6) is 0. The zero-order chi connectivity index (χ0) is 14.4. The number of hydrogen-bond donors (Lipinski definition) is 0. The van der Waals surface area contributed by atoms with E-state index in [1.54, 1.807) is 30.3 Å². The van der Waals surface area contributed by atoms with Crippen molar-refractivity contribution in [2.24, 2.45) is 0 Å². The lowest BCUT2D eigenvalue weighted by atomic mass is 10.2. The number of aryl methyl sites for hydroxylation is 1. The third-order valence-corrected chi connectivity index (χ3v) is 4.03. The first kappa shape index (κ1) is 14.5. The second kappa shape index (κ2) is 6.50. The summed E-state index contributed by atoms with van der Waals surface area (Å²) >= 11 is 0. The van der Waals surface area contributed by atoms with Crippen LogP contribution in [0.15, 0.2) is 65.6 Å². The van der Waals surface area contributed by atoms with E-state index in [1.165, 1.54) is 0 Å². The molecule has 0 aliphatic heterocycles. The Bertz CT molecular complexity index is 671. The van der Waals surface area contributed by atoms with Gasteiger partial charge in [-0.1, -0.05) is 60.2 Å². The Kier molecular flexibility index (Phi) is 4.71. The Hall–Kier alpha value is -1.91. The monoisotopic (exact) mass is 288 g/mol. The van der Waals surface area contributed by atoms with Crippen LogP contribution in [0.5, 0.6) is 0 Å². The van der Waals surface area contributed by atoms with Crippen LogP contribution in [0.4, 0.5) is 0 Å². The molecule has 104 valence electrons. The van der Waals surface area contributed by atoms with E-state index in [-0.39, 0.29) is 11.5 Å². The maximum atomic E-state index is 11.9. The highest BCUT2D eigenvalue weighted by Gasteiger charge is 2.13. The second-order valence-electron chi connectivity index (χ2n) is 4.36. The van der Waals surface area contributed by atoms with Crippen molar-refractivity contribution in [2.45, 2.75) is 11.8 Å². The molecule has 0 unspecified atom stereocenters. The van der Waals surface area contributed by atoms with Crippen LogP contribution >= 0.6 is 0 Å². The zero-order valence-electron chi connectivity index (χ0n) is 11.2. The molecule has 2 rings (SSSR count). The lowest BCUT2D eigenvalue weighted by Crippen LogP contribution is -2.06. The molecular weight excluding hydrogens is 272 g/mol. The zero-order valence-corrected chi connectivity index (χ0v) is 12.0. The van der Waals surface area contributed by atoms with Crippen molar-refractivity contribution < 1.29 is 12.6 Å². The van der Waals surface area contributed by atoms with Crippen LogP contribution in [0.2, 0.25) is 0 Å². The molecule has 2 aromatic rings. The van der Waals surface area contributed by atoms with Gasteiger partial charge in [0.05, 0.1) is 11.5 Å². The van der Waals surface area contributed by atoms with Crippen LogP contribution in [-0.4, -0.2) is 15.0 Å². The van der Waals surface area contributed by atoms with Gasteiger partial charge in [-0.3, -0.25) is 4.18 Å². The molecule has 0 aliphatic carbocycles. The first-order valence-electron chi connectivity index (χ1n) is 6.26. The number of benzene rings is 2. The van der Waals surface area contributed by atoms with Crippen LogP contribution in [-0.2, 0) is 14.3 Å². The normalized spacial score (nSPS) is 11.8. The molecule has 0 aliphatic rings. The Labute approximate surface area is 119 Å². The van der Waals surface area contributed by atoms with Gasteiger partial charge in [-0.15, -0.1) is 0 Å². The number of hydrogen-bond acceptors (Lipinski definition) is 3. The van der Waals surface area contributed by atoms with Crippen molar-refractivity contribution in [1.29, 1.82) is 0 Å². The van der Waals surface area contributed by atoms with Crippen molar-refractivity contribution in [2.75, 3.05) is 6.61 Å². The molecule has 0 heterocycles. The first-order chi connectivity index (χ1) is 9.58. The van der Waals surface area contributed by atoms with Crippen LogP contribution in [0.25, 0.3) is 6.08 Å². The van der Waals surface area contributed by atoms with E-state index in [9.17, 15) is 8.42 Å². The fraction of sp³-hybridized carbons (Fsp3) is 0.125. The van der Waals surface area contributed by atoms with E-state index < -0.39 is 10.1 Å². The third-order valence-electron chi connectivity index (χ3n) is 2.74.